The zero-order valence-electron chi connectivity index (χ0n) is 11.3. The molecule has 2 amide bonds. The Morgan fingerprint density at radius 2 is 1.09 bits per heavy atom. The van der Waals surface area contributed by atoms with Crippen LogP contribution in [0.25, 0.3) is 0 Å². The van der Waals surface area contributed by atoms with Gasteiger partial charge in [-0.25, -0.2) is 0 Å². The smallest absolute Gasteiger partial charge is 0.248 e. The number of rotatable bonds is 2. The number of anilines is 2. The first-order valence-corrected chi connectivity index (χ1v) is 6.67. The van der Waals surface area contributed by atoms with Crippen molar-refractivity contribution in [2.45, 2.75) is 0 Å². The van der Waals surface area contributed by atoms with E-state index in [9.17, 15) is 9.59 Å². The van der Waals surface area contributed by atoms with Gasteiger partial charge in [0.25, 0.3) is 0 Å². The van der Waals surface area contributed by atoms with E-state index in [1.54, 1.807) is 12.1 Å². The van der Waals surface area contributed by atoms with Gasteiger partial charge in [0.15, 0.2) is 0 Å². The second-order valence-electron chi connectivity index (χ2n) is 4.20. The maximum atomic E-state index is 10.6. The number of amides is 2. The molecule has 8 heteroatoms. The summed E-state index contributed by atoms with van der Waals surface area (Å²) in [6.07, 6.45) is 0. The molecule has 2 aromatic rings. The average Bonchev–Trinajstić information content (AvgIpc) is 2.45. The summed E-state index contributed by atoms with van der Waals surface area (Å²) >= 11 is 11.3. The van der Waals surface area contributed by atoms with Crippen LogP contribution in [0.4, 0.5) is 11.4 Å². The molecule has 6 nitrogen and oxygen atoms in total. The third-order valence-electron chi connectivity index (χ3n) is 2.56. The fourth-order valence-corrected chi connectivity index (χ4v) is 1.91. The van der Waals surface area contributed by atoms with Crippen LogP contribution >= 0.6 is 23.2 Å². The molecule has 0 atom stereocenters. The minimum Gasteiger partial charge on any atom is -0.399 e. The lowest BCUT2D eigenvalue weighted by Gasteiger charge is -2.00. The molecule has 8 N–H and O–H groups in total. The van der Waals surface area contributed by atoms with E-state index in [1.807, 2.05) is 0 Å². The summed E-state index contributed by atoms with van der Waals surface area (Å²) in [4.78, 5) is 21.2. The van der Waals surface area contributed by atoms with Crippen LogP contribution < -0.4 is 22.9 Å². The van der Waals surface area contributed by atoms with Gasteiger partial charge in [0.1, 0.15) is 0 Å². The van der Waals surface area contributed by atoms with Crippen LogP contribution in [0, 0.1) is 0 Å². The molecule has 0 saturated heterocycles. The van der Waals surface area contributed by atoms with Gasteiger partial charge < -0.3 is 22.9 Å². The molecule has 0 bridgehead atoms. The van der Waals surface area contributed by atoms with Crippen molar-refractivity contribution in [3.8, 4) is 0 Å². The van der Waals surface area contributed by atoms with Crippen molar-refractivity contribution in [2.75, 3.05) is 11.5 Å². The molecule has 0 radical (unpaired) electrons. The molecule has 0 heterocycles. The van der Waals surface area contributed by atoms with Gasteiger partial charge in [-0.2, -0.15) is 0 Å². The zero-order chi connectivity index (χ0) is 16.9. The topological polar surface area (TPSA) is 138 Å². The van der Waals surface area contributed by atoms with Crippen molar-refractivity contribution in [2.24, 2.45) is 11.5 Å². The molecule has 0 unspecified atom stereocenters. The van der Waals surface area contributed by atoms with Crippen molar-refractivity contribution >= 4 is 46.4 Å². The van der Waals surface area contributed by atoms with Gasteiger partial charge in [-0.3, -0.25) is 9.59 Å². The Morgan fingerprint density at radius 3 is 1.36 bits per heavy atom. The largest absolute Gasteiger partial charge is 0.399 e. The van der Waals surface area contributed by atoms with E-state index >= 15 is 0 Å². The fourth-order valence-electron chi connectivity index (χ4n) is 1.40. The van der Waals surface area contributed by atoms with E-state index in [0.717, 1.165) is 0 Å². The molecule has 22 heavy (non-hydrogen) atoms. The molecular formula is C14H14Cl2N4O2. The number of carbonyl (C=O) groups excluding carboxylic acids is 2. The van der Waals surface area contributed by atoms with Gasteiger partial charge in [0, 0.05) is 16.8 Å². The summed E-state index contributed by atoms with van der Waals surface area (Å²) in [6, 6.07) is 8.96. The molecule has 2 rings (SSSR count). The van der Waals surface area contributed by atoms with Gasteiger partial charge >= 0.3 is 0 Å². The Bertz CT molecular complexity index is 646. The lowest BCUT2D eigenvalue weighted by molar-refractivity contribution is 0.0988. The summed E-state index contributed by atoms with van der Waals surface area (Å²) < 4.78 is 0. The van der Waals surface area contributed by atoms with Gasteiger partial charge in [0.05, 0.1) is 15.7 Å². The summed E-state index contributed by atoms with van der Waals surface area (Å²) in [5, 5.41) is 0.787. The van der Waals surface area contributed by atoms with Crippen LogP contribution in [0.5, 0.6) is 0 Å². The highest BCUT2D eigenvalue weighted by atomic mass is 35.5. The maximum Gasteiger partial charge on any atom is 0.248 e. The minimum absolute atomic E-state index is 0.361. The minimum atomic E-state index is -0.522. The molecule has 0 fully saturated rings. The third kappa shape index (κ3) is 4.83. The van der Waals surface area contributed by atoms with Crippen LogP contribution in [-0.2, 0) is 0 Å². The van der Waals surface area contributed by atoms with Gasteiger partial charge in [-0.15, -0.1) is 0 Å². The third-order valence-corrected chi connectivity index (χ3v) is 3.18. The van der Waals surface area contributed by atoms with Crippen LogP contribution in [0.15, 0.2) is 36.4 Å². The molecule has 116 valence electrons. The highest BCUT2D eigenvalue weighted by molar-refractivity contribution is 6.39. The normalized spacial score (nSPS) is 9.55. The van der Waals surface area contributed by atoms with Crippen LogP contribution in [-0.4, -0.2) is 11.8 Å². The standard InChI is InChI=1S/C8H8N2O2.C6H6Cl2N2/c9-7(11)5-1-2-6(4-3-5)8(10)12;7-4-1-3(9)2-5(8)6(4)10/h1-4H,(H2,9,11)(H2,10,12);1-2H,9-10H2. The Hall–Kier alpha value is -2.44. The first-order valence-electron chi connectivity index (χ1n) is 5.92. The van der Waals surface area contributed by atoms with Crippen LogP contribution in [0.1, 0.15) is 20.7 Å². The molecule has 0 aromatic heterocycles. The van der Waals surface area contributed by atoms with Gasteiger partial charge in [-0.05, 0) is 36.4 Å². The van der Waals surface area contributed by atoms with Crippen molar-refractivity contribution in [1.82, 2.24) is 0 Å². The summed E-state index contributed by atoms with van der Waals surface area (Å²) in [5.74, 6) is -1.04. The second-order valence-corrected chi connectivity index (χ2v) is 5.02. The molecule has 2 aromatic carbocycles. The van der Waals surface area contributed by atoms with Gasteiger partial charge in [-0.1, -0.05) is 23.2 Å². The first kappa shape index (κ1) is 17.6. The number of carbonyl (C=O) groups is 2. The lowest BCUT2D eigenvalue weighted by Crippen LogP contribution is -2.13. The molecule has 0 aliphatic rings. The van der Waals surface area contributed by atoms with E-state index in [-0.39, 0.29) is 0 Å². The maximum absolute atomic E-state index is 10.6. The SMILES string of the molecule is NC(=O)c1ccc(C(N)=O)cc1.Nc1cc(Cl)c(N)c(Cl)c1. The number of hydrogen-bond donors (Lipinski definition) is 4. The Morgan fingerprint density at radius 1 is 0.773 bits per heavy atom. The number of primary amides is 2. The zero-order valence-corrected chi connectivity index (χ0v) is 12.9. The van der Waals surface area contributed by atoms with E-state index in [0.29, 0.717) is 32.5 Å². The number of nitrogen functional groups attached to an aromatic ring is 2. The summed E-state index contributed by atoms with van der Waals surface area (Å²) in [6.45, 7) is 0. The van der Waals surface area contributed by atoms with E-state index in [1.165, 1.54) is 24.3 Å². The second kappa shape index (κ2) is 7.53. The van der Waals surface area contributed by atoms with E-state index in [4.69, 9.17) is 46.1 Å². The van der Waals surface area contributed by atoms with Crippen molar-refractivity contribution in [3.05, 3.63) is 57.6 Å². The number of benzene rings is 2. The number of nitrogens with two attached hydrogens (primary N) is 4. The Balaban J connectivity index is 0.000000224. The highest BCUT2D eigenvalue weighted by Gasteiger charge is 2.02. The van der Waals surface area contributed by atoms with Crippen molar-refractivity contribution in [1.29, 1.82) is 0 Å². The summed E-state index contributed by atoms with van der Waals surface area (Å²) in [5.41, 5.74) is 22.4. The quantitative estimate of drug-likeness (QED) is 0.621. The Kier molecular flexibility index (Phi) is 6.03. The molecule has 0 aliphatic heterocycles. The Labute approximate surface area is 137 Å². The fraction of sp³-hybridized carbons (Fsp3) is 0. The molecular weight excluding hydrogens is 327 g/mol. The van der Waals surface area contributed by atoms with E-state index < -0.39 is 11.8 Å². The molecule has 0 spiro atoms. The number of halogens is 2. The van der Waals surface area contributed by atoms with Crippen molar-refractivity contribution < 1.29 is 9.59 Å². The number of hydrogen-bond acceptors (Lipinski definition) is 4. The average molecular weight is 341 g/mol. The first-order chi connectivity index (χ1) is 10.2. The predicted octanol–water partition coefficient (Wildman–Crippen LogP) is 2.04. The van der Waals surface area contributed by atoms with Crippen molar-refractivity contribution in [3.63, 3.8) is 0 Å². The van der Waals surface area contributed by atoms with Crippen LogP contribution in [0.3, 0.4) is 0 Å². The van der Waals surface area contributed by atoms with E-state index in [2.05, 4.69) is 0 Å². The molecule has 0 saturated carbocycles. The van der Waals surface area contributed by atoms with Gasteiger partial charge in [0.2, 0.25) is 11.8 Å². The molecule has 0 aliphatic carbocycles. The monoisotopic (exact) mass is 340 g/mol. The lowest BCUT2D eigenvalue weighted by atomic mass is 10.1. The highest BCUT2D eigenvalue weighted by Crippen LogP contribution is 2.29. The van der Waals surface area contributed by atoms with Crippen LogP contribution in [0.2, 0.25) is 10.0 Å². The summed E-state index contributed by atoms with van der Waals surface area (Å²) in [7, 11) is 0. The predicted molar refractivity (Wildman–Crippen MR) is 88.8 cm³/mol.